The van der Waals surface area contributed by atoms with E-state index in [1.54, 1.807) is 0 Å². The minimum absolute atomic E-state index is 0.113. The van der Waals surface area contributed by atoms with Crippen molar-refractivity contribution in [3.05, 3.63) is 65.7 Å². The molecule has 0 fully saturated rings. The summed E-state index contributed by atoms with van der Waals surface area (Å²) in [5.74, 6) is -0.113. The van der Waals surface area contributed by atoms with Gasteiger partial charge in [-0.1, -0.05) is 48.0 Å². The number of nitrogens with zero attached hydrogens (tertiary/aromatic N) is 1. The van der Waals surface area contributed by atoms with Crippen LogP contribution < -0.4 is 21.3 Å². The number of urea groups is 1. The van der Waals surface area contributed by atoms with Crippen LogP contribution in [0.1, 0.15) is 30.0 Å². The number of carbonyl (C=O) groups is 2. The summed E-state index contributed by atoms with van der Waals surface area (Å²) in [6, 6.07) is 16.7. The molecule has 0 aromatic heterocycles. The van der Waals surface area contributed by atoms with Crippen molar-refractivity contribution in [2.75, 3.05) is 25.0 Å². The predicted molar refractivity (Wildman–Crippen MR) is 109 cm³/mol. The van der Waals surface area contributed by atoms with E-state index in [4.69, 9.17) is 5.73 Å². The van der Waals surface area contributed by atoms with E-state index in [0.717, 1.165) is 29.8 Å². The van der Waals surface area contributed by atoms with Gasteiger partial charge in [0.25, 0.3) is 0 Å². The predicted octanol–water partition coefficient (Wildman–Crippen LogP) is 2.74. The summed E-state index contributed by atoms with van der Waals surface area (Å²) < 4.78 is 0. The summed E-state index contributed by atoms with van der Waals surface area (Å²) in [7, 11) is 2.03. The van der Waals surface area contributed by atoms with Gasteiger partial charge in [-0.15, -0.1) is 0 Å². The molecule has 0 aliphatic carbocycles. The van der Waals surface area contributed by atoms with Crippen molar-refractivity contribution in [1.29, 1.82) is 0 Å². The van der Waals surface area contributed by atoms with Crippen LogP contribution in [0.5, 0.6) is 0 Å². The van der Waals surface area contributed by atoms with Crippen LogP contribution in [0, 0.1) is 6.92 Å². The third kappa shape index (κ3) is 7.01. The van der Waals surface area contributed by atoms with Crippen LogP contribution in [-0.4, -0.2) is 32.1 Å². The van der Waals surface area contributed by atoms with E-state index >= 15 is 0 Å². The molecule has 6 nitrogen and oxygen atoms in total. The first-order valence-electron chi connectivity index (χ1n) is 9.11. The normalized spacial score (nSPS) is 11.5. The van der Waals surface area contributed by atoms with E-state index in [1.807, 2.05) is 56.4 Å². The number of hydrogen-bond acceptors (Lipinski definition) is 3. The number of aryl methyl sites for hydroxylation is 1. The van der Waals surface area contributed by atoms with Crippen molar-refractivity contribution in [2.45, 2.75) is 25.8 Å². The fourth-order valence-corrected chi connectivity index (χ4v) is 2.92. The van der Waals surface area contributed by atoms with Crippen LogP contribution in [-0.2, 0) is 4.79 Å². The molecule has 144 valence electrons. The maximum absolute atomic E-state index is 12.3. The van der Waals surface area contributed by atoms with Gasteiger partial charge >= 0.3 is 6.03 Å². The maximum atomic E-state index is 12.3. The lowest BCUT2D eigenvalue weighted by Crippen LogP contribution is -2.37. The van der Waals surface area contributed by atoms with E-state index in [1.165, 1.54) is 0 Å². The Bertz CT molecular complexity index is 749. The van der Waals surface area contributed by atoms with Crippen molar-refractivity contribution in [2.24, 2.45) is 5.73 Å². The number of rotatable bonds is 9. The Morgan fingerprint density at radius 1 is 1.11 bits per heavy atom. The second-order valence-electron chi connectivity index (χ2n) is 6.64. The van der Waals surface area contributed by atoms with Crippen molar-refractivity contribution < 1.29 is 9.59 Å². The van der Waals surface area contributed by atoms with Gasteiger partial charge in [-0.2, -0.15) is 0 Å². The molecule has 0 bridgehead atoms. The van der Waals surface area contributed by atoms with Crippen molar-refractivity contribution >= 4 is 17.6 Å². The molecule has 2 rings (SSSR count). The number of amides is 3. The number of carbonyl (C=O) groups excluding carboxylic acids is 2. The van der Waals surface area contributed by atoms with E-state index in [9.17, 15) is 9.59 Å². The zero-order chi connectivity index (χ0) is 19.6. The Morgan fingerprint density at radius 2 is 1.85 bits per heavy atom. The van der Waals surface area contributed by atoms with Gasteiger partial charge in [0.05, 0.1) is 12.5 Å². The van der Waals surface area contributed by atoms with Gasteiger partial charge in [-0.3, -0.25) is 4.79 Å². The number of nitrogens with two attached hydrogens (primary N) is 1. The standard InChI is InChI=1S/C21H28N4O2/c1-16-8-6-9-17(14-16)19(24-21(22)27)15-20(26)23-12-7-13-25(2)18-10-4-3-5-11-18/h3-6,8-11,14,19H,7,12-13,15H2,1-2H3,(H,23,26)(H3,22,24,27)/t19-/m0/s1. The first-order chi connectivity index (χ1) is 13.0. The van der Waals surface area contributed by atoms with Crippen LogP contribution >= 0.6 is 0 Å². The molecule has 2 aromatic rings. The lowest BCUT2D eigenvalue weighted by Gasteiger charge is -2.20. The molecule has 0 heterocycles. The van der Waals surface area contributed by atoms with E-state index in [0.29, 0.717) is 6.54 Å². The second-order valence-corrected chi connectivity index (χ2v) is 6.64. The van der Waals surface area contributed by atoms with Crippen LogP contribution in [0.4, 0.5) is 10.5 Å². The van der Waals surface area contributed by atoms with Gasteiger partial charge in [0.15, 0.2) is 0 Å². The van der Waals surface area contributed by atoms with Crippen molar-refractivity contribution in [1.82, 2.24) is 10.6 Å². The SMILES string of the molecule is Cc1cccc([C@H](CC(=O)NCCCN(C)c2ccccc2)NC(N)=O)c1. The van der Waals surface area contributed by atoms with Crippen LogP contribution in [0.3, 0.4) is 0 Å². The monoisotopic (exact) mass is 368 g/mol. The number of primary amides is 1. The molecule has 0 radical (unpaired) electrons. The smallest absolute Gasteiger partial charge is 0.312 e. The van der Waals surface area contributed by atoms with Gasteiger partial charge in [0.1, 0.15) is 0 Å². The minimum atomic E-state index is -0.640. The van der Waals surface area contributed by atoms with Crippen LogP contribution in [0.25, 0.3) is 0 Å². The first kappa shape index (κ1) is 20.3. The number of para-hydroxylation sites is 1. The highest BCUT2D eigenvalue weighted by Gasteiger charge is 2.17. The highest BCUT2D eigenvalue weighted by Crippen LogP contribution is 2.18. The highest BCUT2D eigenvalue weighted by atomic mass is 16.2. The van der Waals surface area contributed by atoms with Crippen molar-refractivity contribution in [3.63, 3.8) is 0 Å². The molecule has 0 saturated carbocycles. The Hall–Kier alpha value is -3.02. The lowest BCUT2D eigenvalue weighted by molar-refractivity contribution is -0.121. The third-order valence-corrected chi connectivity index (χ3v) is 4.34. The highest BCUT2D eigenvalue weighted by molar-refractivity contribution is 5.78. The summed E-state index contributed by atoms with van der Waals surface area (Å²) in [5.41, 5.74) is 8.35. The molecule has 6 heteroatoms. The quantitative estimate of drug-likeness (QED) is 0.595. The molecule has 1 atom stereocenters. The molecule has 0 saturated heterocycles. The zero-order valence-corrected chi connectivity index (χ0v) is 15.9. The summed E-state index contributed by atoms with van der Waals surface area (Å²) in [4.78, 5) is 25.7. The Balaban J connectivity index is 1.80. The molecule has 0 aliphatic heterocycles. The van der Waals surface area contributed by atoms with Crippen molar-refractivity contribution in [3.8, 4) is 0 Å². The average Bonchev–Trinajstić information content (AvgIpc) is 2.65. The Morgan fingerprint density at radius 3 is 2.52 bits per heavy atom. The fourth-order valence-electron chi connectivity index (χ4n) is 2.92. The van der Waals surface area contributed by atoms with E-state index in [-0.39, 0.29) is 12.3 Å². The maximum Gasteiger partial charge on any atom is 0.312 e. The Labute approximate surface area is 160 Å². The lowest BCUT2D eigenvalue weighted by atomic mass is 10.0. The Kier molecular flexibility index (Phi) is 7.67. The molecular weight excluding hydrogens is 340 g/mol. The number of benzene rings is 2. The fraction of sp³-hybridized carbons (Fsp3) is 0.333. The van der Waals surface area contributed by atoms with Crippen LogP contribution in [0.15, 0.2) is 54.6 Å². The van der Waals surface area contributed by atoms with Gasteiger partial charge in [0.2, 0.25) is 5.91 Å². The largest absolute Gasteiger partial charge is 0.375 e. The third-order valence-electron chi connectivity index (χ3n) is 4.34. The van der Waals surface area contributed by atoms with Gasteiger partial charge in [0, 0.05) is 25.8 Å². The molecule has 4 N–H and O–H groups in total. The zero-order valence-electron chi connectivity index (χ0n) is 15.9. The molecule has 2 aromatic carbocycles. The summed E-state index contributed by atoms with van der Waals surface area (Å²) in [6.07, 6.45) is 0.983. The van der Waals surface area contributed by atoms with E-state index < -0.39 is 12.1 Å². The molecule has 27 heavy (non-hydrogen) atoms. The summed E-state index contributed by atoms with van der Waals surface area (Å²) in [5, 5.41) is 5.57. The molecule has 0 spiro atoms. The first-order valence-corrected chi connectivity index (χ1v) is 9.11. The molecule has 0 unspecified atom stereocenters. The molecule has 0 aliphatic rings. The number of anilines is 1. The topological polar surface area (TPSA) is 87.5 Å². The summed E-state index contributed by atoms with van der Waals surface area (Å²) in [6.45, 7) is 3.38. The molecular formula is C21H28N4O2. The average molecular weight is 368 g/mol. The molecule has 3 amide bonds. The van der Waals surface area contributed by atoms with Gasteiger partial charge < -0.3 is 21.3 Å². The minimum Gasteiger partial charge on any atom is -0.375 e. The van der Waals surface area contributed by atoms with E-state index in [2.05, 4.69) is 27.7 Å². The number of nitrogens with one attached hydrogen (secondary N) is 2. The second kappa shape index (κ2) is 10.2. The van der Waals surface area contributed by atoms with Crippen LogP contribution in [0.2, 0.25) is 0 Å². The summed E-state index contributed by atoms with van der Waals surface area (Å²) >= 11 is 0. The number of hydrogen-bond donors (Lipinski definition) is 3. The van der Waals surface area contributed by atoms with Gasteiger partial charge in [-0.05, 0) is 31.0 Å². The van der Waals surface area contributed by atoms with Gasteiger partial charge in [-0.25, -0.2) is 4.79 Å².